The maximum atomic E-state index is 14.1. The zero-order chi connectivity index (χ0) is 17.5. The average Bonchev–Trinajstić information content (AvgIpc) is 2.75. The zero-order valence-corrected chi connectivity index (χ0v) is 13.9. The third kappa shape index (κ3) is 3.12. The molecule has 1 spiro atoms. The quantitative estimate of drug-likeness (QED) is 0.829. The first kappa shape index (κ1) is 16.8. The fraction of sp³-hybridized carbons (Fsp3) is 0.588. The topological polar surface area (TPSA) is 53.5 Å². The minimum absolute atomic E-state index is 0.0779. The van der Waals surface area contributed by atoms with Crippen molar-refractivity contribution in [2.45, 2.75) is 39.2 Å². The molecule has 0 radical (unpaired) electrons. The predicted octanol–water partition coefficient (Wildman–Crippen LogP) is 2.00. The van der Waals surface area contributed by atoms with Gasteiger partial charge < -0.3 is 9.80 Å². The lowest BCUT2D eigenvalue weighted by Gasteiger charge is -2.42. The smallest absolute Gasteiger partial charge is 0.266 e. The molecule has 5 nitrogen and oxygen atoms in total. The van der Waals surface area contributed by atoms with Crippen molar-refractivity contribution in [2.24, 2.45) is 5.41 Å². The molecule has 2 aliphatic rings. The van der Waals surface area contributed by atoms with Gasteiger partial charge >= 0.3 is 0 Å². The van der Waals surface area contributed by atoms with E-state index < -0.39 is 30.2 Å². The number of nitrogens with zero attached hydrogens (tertiary/aromatic N) is 3. The second-order valence-corrected chi connectivity index (χ2v) is 6.94. The number of pyridine rings is 1. The maximum Gasteiger partial charge on any atom is 0.266 e. The van der Waals surface area contributed by atoms with Crippen molar-refractivity contribution in [3.05, 3.63) is 29.6 Å². The van der Waals surface area contributed by atoms with Crippen LogP contribution in [0, 0.1) is 12.3 Å². The van der Waals surface area contributed by atoms with Crippen LogP contribution in [0.3, 0.4) is 0 Å². The number of aromatic nitrogens is 1. The van der Waals surface area contributed by atoms with Gasteiger partial charge in [0.25, 0.3) is 5.92 Å². The third-order valence-corrected chi connectivity index (χ3v) is 4.86. The molecule has 3 rings (SSSR count). The molecule has 3 heterocycles. The summed E-state index contributed by atoms with van der Waals surface area (Å²) >= 11 is 0. The molecule has 2 saturated heterocycles. The lowest BCUT2D eigenvalue weighted by atomic mass is 9.77. The highest BCUT2D eigenvalue weighted by Crippen LogP contribution is 2.45. The Balaban J connectivity index is 1.80. The largest absolute Gasteiger partial charge is 0.336 e. The molecule has 1 aromatic rings. The molecule has 0 unspecified atom stereocenters. The second-order valence-electron chi connectivity index (χ2n) is 6.94. The number of amides is 2. The Hall–Kier alpha value is -2.05. The summed E-state index contributed by atoms with van der Waals surface area (Å²) in [5.41, 5.74) is 0.421. The highest BCUT2D eigenvalue weighted by Gasteiger charge is 2.57. The van der Waals surface area contributed by atoms with Gasteiger partial charge in [-0.1, -0.05) is 6.07 Å². The van der Waals surface area contributed by atoms with Crippen molar-refractivity contribution in [2.75, 3.05) is 19.6 Å². The van der Waals surface area contributed by atoms with Gasteiger partial charge in [0.15, 0.2) is 0 Å². The lowest BCUT2D eigenvalue weighted by molar-refractivity contribution is -0.162. The summed E-state index contributed by atoms with van der Waals surface area (Å²) in [6.45, 7) is 3.33. The molecule has 130 valence electrons. The normalized spacial score (nSPS) is 26.2. The second kappa shape index (κ2) is 5.79. The minimum Gasteiger partial charge on any atom is -0.336 e. The van der Waals surface area contributed by atoms with E-state index in [9.17, 15) is 18.4 Å². The molecule has 2 fully saturated rings. The summed E-state index contributed by atoms with van der Waals surface area (Å²) in [6.07, 6.45) is -0.141. The van der Waals surface area contributed by atoms with Crippen molar-refractivity contribution in [1.29, 1.82) is 0 Å². The first-order valence-electron chi connectivity index (χ1n) is 8.06. The van der Waals surface area contributed by atoms with Gasteiger partial charge in [-0.15, -0.1) is 0 Å². The van der Waals surface area contributed by atoms with Crippen molar-refractivity contribution in [3.8, 4) is 0 Å². The van der Waals surface area contributed by atoms with Crippen LogP contribution in [0.25, 0.3) is 0 Å². The van der Waals surface area contributed by atoms with Crippen LogP contribution in [0.5, 0.6) is 0 Å². The maximum absolute atomic E-state index is 14.1. The predicted molar refractivity (Wildman–Crippen MR) is 83.3 cm³/mol. The van der Waals surface area contributed by atoms with Crippen LogP contribution < -0.4 is 0 Å². The van der Waals surface area contributed by atoms with E-state index in [0.717, 1.165) is 16.3 Å². The summed E-state index contributed by atoms with van der Waals surface area (Å²) in [7, 11) is 0. The van der Waals surface area contributed by atoms with Gasteiger partial charge in [0.1, 0.15) is 0 Å². The van der Waals surface area contributed by atoms with Crippen LogP contribution in [0.15, 0.2) is 18.2 Å². The minimum atomic E-state index is -3.03. The van der Waals surface area contributed by atoms with E-state index in [0.29, 0.717) is 19.5 Å². The van der Waals surface area contributed by atoms with Crippen LogP contribution in [-0.2, 0) is 16.1 Å². The summed E-state index contributed by atoms with van der Waals surface area (Å²) in [5, 5.41) is 0. The zero-order valence-electron chi connectivity index (χ0n) is 13.9. The van der Waals surface area contributed by atoms with Crippen molar-refractivity contribution in [1.82, 2.24) is 14.8 Å². The van der Waals surface area contributed by atoms with Gasteiger partial charge in [0, 0.05) is 32.1 Å². The molecule has 2 aliphatic heterocycles. The Kier molecular flexibility index (Phi) is 4.05. The number of hydrogen-bond donors (Lipinski definition) is 0. The monoisotopic (exact) mass is 337 g/mol. The standard InChI is InChI=1S/C17H21F2N3O2/c1-12-4-3-5-14(20-12)8-21-7-6-16(15(21)24)9-17(18,19)11-22(10-16)13(2)23/h3-5H,6-11H2,1-2H3/t16-/m1/s1. The third-order valence-electron chi connectivity index (χ3n) is 4.86. The molecular weight excluding hydrogens is 316 g/mol. The van der Waals surface area contributed by atoms with E-state index in [-0.39, 0.29) is 12.5 Å². The fourth-order valence-electron chi connectivity index (χ4n) is 3.77. The van der Waals surface area contributed by atoms with Crippen LogP contribution in [0.1, 0.15) is 31.2 Å². The summed E-state index contributed by atoms with van der Waals surface area (Å²) in [4.78, 5) is 31.5. The molecular formula is C17H21F2N3O2. The summed E-state index contributed by atoms with van der Waals surface area (Å²) in [5.74, 6) is -3.74. The van der Waals surface area contributed by atoms with E-state index in [1.807, 2.05) is 25.1 Å². The number of likely N-dealkylation sites (tertiary alicyclic amines) is 2. The first-order valence-corrected chi connectivity index (χ1v) is 8.06. The number of carbonyl (C=O) groups is 2. The molecule has 0 N–H and O–H groups in total. The van der Waals surface area contributed by atoms with Crippen LogP contribution in [-0.4, -0.2) is 52.2 Å². The summed E-state index contributed by atoms with van der Waals surface area (Å²) < 4.78 is 28.2. The molecule has 2 amide bonds. The number of aryl methyl sites for hydroxylation is 1. The number of piperidine rings is 1. The lowest BCUT2D eigenvalue weighted by Crippen LogP contribution is -2.56. The summed E-state index contributed by atoms with van der Waals surface area (Å²) in [6, 6.07) is 5.55. The van der Waals surface area contributed by atoms with Gasteiger partial charge in [-0.3, -0.25) is 14.6 Å². The highest BCUT2D eigenvalue weighted by molar-refractivity contribution is 5.86. The molecule has 0 bridgehead atoms. The van der Waals surface area contributed by atoms with E-state index in [1.165, 1.54) is 6.92 Å². The van der Waals surface area contributed by atoms with Crippen LogP contribution in [0.4, 0.5) is 8.78 Å². The first-order chi connectivity index (χ1) is 11.2. The molecule has 0 saturated carbocycles. The van der Waals surface area contributed by atoms with Crippen LogP contribution in [0.2, 0.25) is 0 Å². The molecule has 1 aromatic heterocycles. The number of hydrogen-bond acceptors (Lipinski definition) is 3. The number of halogens is 2. The fourth-order valence-corrected chi connectivity index (χ4v) is 3.77. The van der Waals surface area contributed by atoms with E-state index in [4.69, 9.17) is 0 Å². The Labute approximate surface area is 139 Å². The molecule has 24 heavy (non-hydrogen) atoms. The van der Waals surface area contributed by atoms with Crippen LogP contribution >= 0.6 is 0 Å². The van der Waals surface area contributed by atoms with Gasteiger partial charge in [-0.2, -0.15) is 0 Å². The van der Waals surface area contributed by atoms with E-state index >= 15 is 0 Å². The average molecular weight is 337 g/mol. The number of carbonyl (C=O) groups excluding carboxylic acids is 2. The number of rotatable bonds is 2. The van der Waals surface area contributed by atoms with Crippen molar-refractivity contribution in [3.63, 3.8) is 0 Å². The molecule has 1 atom stereocenters. The van der Waals surface area contributed by atoms with Crippen molar-refractivity contribution >= 4 is 11.8 Å². The van der Waals surface area contributed by atoms with E-state index in [2.05, 4.69) is 4.98 Å². The van der Waals surface area contributed by atoms with Crippen molar-refractivity contribution < 1.29 is 18.4 Å². The van der Waals surface area contributed by atoms with Gasteiger partial charge in [-0.25, -0.2) is 8.78 Å². The van der Waals surface area contributed by atoms with Gasteiger partial charge in [0.05, 0.1) is 24.2 Å². The molecule has 7 heteroatoms. The SMILES string of the molecule is CC(=O)N1CC(F)(F)C[C@]2(CCN(Cc3cccc(C)n3)C2=O)C1. The Morgan fingerprint density at radius 2 is 2.08 bits per heavy atom. The Morgan fingerprint density at radius 1 is 1.33 bits per heavy atom. The Morgan fingerprint density at radius 3 is 2.75 bits per heavy atom. The van der Waals surface area contributed by atoms with Gasteiger partial charge in [-0.05, 0) is 25.5 Å². The number of alkyl halides is 2. The highest BCUT2D eigenvalue weighted by atomic mass is 19.3. The van der Waals surface area contributed by atoms with Gasteiger partial charge in [0.2, 0.25) is 11.8 Å². The Bertz CT molecular complexity index is 680. The molecule has 0 aliphatic carbocycles. The molecule has 0 aromatic carbocycles. The van der Waals surface area contributed by atoms with E-state index in [1.54, 1.807) is 4.90 Å².